The van der Waals surface area contributed by atoms with E-state index in [1.54, 1.807) is 0 Å². The van der Waals surface area contributed by atoms with Crippen LogP contribution in [0.5, 0.6) is 0 Å². The molecule has 0 bridgehead atoms. The summed E-state index contributed by atoms with van der Waals surface area (Å²) in [6.07, 6.45) is 0.250. The Bertz CT molecular complexity index is 120. The molecule has 4 nitrogen and oxygen atoms in total. The molecule has 4 heteroatoms. The molecule has 7 heavy (non-hydrogen) atoms. The normalized spacial score (nSPS) is 2.57. The molecule has 0 saturated carbocycles. The van der Waals surface area contributed by atoms with Crippen molar-refractivity contribution < 1.29 is 9.59 Å². The Kier molecular flexibility index (Phi) is 34.3. The Labute approximate surface area is 39.6 Å². The summed E-state index contributed by atoms with van der Waals surface area (Å²) in [7, 11) is 0. The van der Waals surface area contributed by atoms with Gasteiger partial charge >= 0.3 is 6.15 Å². The third kappa shape index (κ3) is 59.3. The van der Waals surface area contributed by atoms with Gasteiger partial charge in [0, 0.05) is 0 Å². The summed E-state index contributed by atoms with van der Waals surface area (Å²) in [5.74, 6) is 0. The quantitative estimate of drug-likeness (QED) is 0.405. The van der Waals surface area contributed by atoms with Gasteiger partial charge < -0.3 is 0 Å². The highest BCUT2D eigenvalue weighted by Gasteiger charge is 1.39. The van der Waals surface area contributed by atoms with E-state index >= 15 is 0 Å². The molecule has 0 spiro atoms. The molecule has 0 aliphatic rings. The fourth-order valence-electron chi connectivity index (χ4n) is 0. The number of nitriles is 2. The predicted octanol–water partition coefficient (Wildman–Crippen LogP) is -0.550. The van der Waals surface area contributed by atoms with Crippen molar-refractivity contribution in [2.75, 3.05) is 0 Å². The second kappa shape index (κ2) is 26.6. The average Bonchev–Trinajstić information content (AvgIpc) is 1.69. The van der Waals surface area contributed by atoms with E-state index in [1.165, 1.54) is 12.1 Å². The van der Waals surface area contributed by atoms with Crippen LogP contribution in [0.1, 0.15) is 0 Å². The minimum absolute atomic E-state index is 0.250. The van der Waals surface area contributed by atoms with Crippen molar-refractivity contribution in [1.29, 1.82) is 10.5 Å². The van der Waals surface area contributed by atoms with E-state index in [2.05, 4.69) is 0 Å². The second-order valence-corrected chi connectivity index (χ2v) is 0.307. The standard InChI is InChI=1S/C2N2.CO2/c3-1-2-4;2-1-3. The second-order valence-electron chi connectivity index (χ2n) is 0.307. The van der Waals surface area contributed by atoms with E-state index in [0.29, 0.717) is 0 Å². The van der Waals surface area contributed by atoms with Gasteiger partial charge in [-0.1, -0.05) is 0 Å². The van der Waals surface area contributed by atoms with Gasteiger partial charge in [-0.3, -0.25) is 0 Å². The summed E-state index contributed by atoms with van der Waals surface area (Å²) in [4.78, 5) is 16.2. The molecular formula is C3N2O2. The van der Waals surface area contributed by atoms with E-state index in [4.69, 9.17) is 20.1 Å². The highest BCUT2D eigenvalue weighted by Crippen LogP contribution is 1.27. The SMILES string of the molecule is N#CC#N.O=C=O. The zero-order chi connectivity index (χ0) is 6.12. The van der Waals surface area contributed by atoms with E-state index in [9.17, 15) is 0 Å². The molecular weight excluding hydrogens is 96.0 g/mol. The summed E-state index contributed by atoms with van der Waals surface area (Å²) < 4.78 is 0. The Morgan fingerprint density at radius 3 is 1.14 bits per heavy atom. The smallest absolute Gasteiger partial charge is 0.186 e. The molecule has 0 atom stereocenters. The van der Waals surface area contributed by atoms with Gasteiger partial charge in [0.2, 0.25) is 0 Å². The number of rotatable bonds is 0. The van der Waals surface area contributed by atoms with Crippen LogP contribution in [-0.4, -0.2) is 6.15 Å². The first-order valence-electron chi connectivity index (χ1n) is 1.11. The molecule has 0 saturated heterocycles. The molecule has 0 amide bonds. The summed E-state index contributed by atoms with van der Waals surface area (Å²) >= 11 is 0. The molecule has 0 unspecified atom stereocenters. The molecule has 0 aromatic heterocycles. The summed E-state index contributed by atoms with van der Waals surface area (Å²) in [6.45, 7) is 0. The maximum Gasteiger partial charge on any atom is 0.373 e. The molecule has 0 fully saturated rings. The number of nitrogens with zero attached hydrogens (tertiary/aromatic N) is 2. The van der Waals surface area contributed by atoms with Crippen LogP contribution < -0.4 is 0 Å². The Balaban J connectivity index is 0. The van der Waals surface area contributed by atoms with Gasteiger partial charge in [-0.2, -0.15) is 20.1 Å². The minimum Gasteiger partial charge on any atom is -0.186 e. The zero-order valence-corrected chi connectivity index (χ0v) is 3.21. The van der Waals surface area contributed by atoms with Crippen molar-refractivity contribution in [2.45, 2.75) is 0 Å². The molecule has 34 valence electrons. The van der Waals surface area contributed by atoms with Gasteiger partial charge in [0.15, 0.2) is 12.1 Å². The third-order valence-electron chi connectivity index (χ3n) is 0.0500. The van der Waals surface area contributed by atoms with Crippen LogP contribution in [0.3, 0.4) is 0 Å². The van der Waals surface area contributed by atoms with Crippen molar-refractivity contribution in [1.82, 2.24) is 0 Å². The van der Waals surface area contributed by atoms with E-state index in [0.717, 1.165) is 0 Å². The molecule has 0 rings (SSSR count). The maximum absolute atomic E-state index is 8.12. The Hall–Kier alpha value is -1.64. The first-order valence-corrected chi connectivity index (χ1v) is 1.11. The first-order chi connectivity index (χ1) is 3.33. The van der Waals surface area contributed by atoms with Crippen molar-refractivity contribution >= 4 is 6.15 Å². The van der Waals surface area contributed by atoms with Crippen LogP contribution in [0.2, 0.25) is 0 Å². The Morgan fingerprint density at radius 2 is 1.14 bits per heavy atom. The molecule has 0 heterocycles. The highest BCUT2D eigenvalue weighted by atomic mass is 16.2. The lowest BCUT2D eigenvalue weighted by molar-refractivity contribution is -0.191. The molecule has 0 N–H and O–H groups in total. The molecule has 0 aromatic rings. The number of hydrogen-bond donors (Lipinski definition) is 0. The lowest BCUT2D eigenvalue weighted by Crippen LogP contribution is -1.26. The van der Waals surface area contributed by atoms with Crippen LogP contribution in [0, 0.1) is 22.7 Å². The Morgan fingerprint density at radius 1 is 1.00 bits per heavy atom. The molecule has 0 aliphatic heterocycles. The number of carbonyl (C=O) groups excluding carboxylic acids is 2. The van der Waals surface area contributed by atoms with Crippen LogP contribution in [0.25, 0.3) is 0 Å². The minimum atomic E-state index is 0.250. The van der Waals surface area contributed by atoms with E-state index in [1.807, 2.05) is 0 Å². The first kappa shape index (κ1) is 9.03. The summed E-state index contributed by atoms with van der Waals surface area (Å²) in [5.41, 5.74) is 0. The molecule has 0 aliphatic carbocycles. The van der Waals surface area contributed by atoms with Crippen molar-refractivity contribution in [2.24, 2.45) is 0 Å². The largest absolute Gasteiger partial charge is 0.373 e. The number of hydrogen-bond acceptors (Lipinski definition) is 4. The van der Waals surface area contributed by atoms with Gasteiger partial charge in [-0.05, 0) is 0 Å². The van der Waals surface area contributed by atoms with Crippen molar-refractivity contribution in [3.05, 3.63) is 0 Å². The monoisotopic (exact) mass is 96.0 g/mol. The fourth-order valence-corrected chi connectivity index (χ4v) is 0. The lowest BCUT2D eigenvalue weighted by atomic mass is 10.9. The van der Waals surface area contributed by atoms with E-state index < -0.39 is 0 Å². The summed E-state index contributed by atoms with van der Waals surface area (Å²) in [6, 6.07) is 2.47. The van der Waals surface area contributed by atoms with Gasteiger partial charge in [0.25, 0.3) is 0 Å². The highest BCUT2D eigenvalue weighted by molar-refractivity contribution is 5.20. The van der Waals surface area contributed by atoms with Crippen LogP contribution in [-0.2, 0) is 9.59 Å². The van der Waals surface area contributed by atoms with Crippen molar-refractivity contribution in [3.8, 4) is 12.1 Å². The fraction of sp³-hybridized carbons (Fsp3) is 0. The van der Waals surface area contributed by atoms with Gasteiger partial charge in [0.05, 0.1) is 0 Å². The predicted molar refractivity (Wildman–Crippen MR) is 16.2 cm³/mol. The molecule has 0 aromatic carbocycles. The van der Waals surface area contributed by atoms with Gasteiger partial charge in [-0.15, -0.1) is 0 Å². The van der Waals surface area contributed by atoms with Crippen molar-refractivity contribution in [3.63, 3.8) is 0 Å². The lowest BCUT2D eigenvalue weighted by Gasteiger charge is -1.16. The van der Waals surface area contributed by atoms with Crippen LogP contribution in [0.4, 0.5) is 0 Å². The zero-order valence-electron chi connectivity index (χ0n) is 3.21. The molecule has 0 radical (unpaired) electrons. The average molecular weight is 96.0 g/mol. The van der Waals surface area contributed by atoms with Crippen LogP contribution in [0.15, 0.2) is 0 Å². The third-order valence-corrected chi connectivity index (χ3v) is 0.0500. The van der Waals surface area contributed by atoms with E-state index in [-0.39, 0.29) is 6.15 Å². The van der Waals surface area contributed by atoms with Gasteiger partial charge in [0.1, 0.15) is 0 Å². The summed E-state index contributed by atoms with van der Waals surface area (Å²) in [5, 5.41) is 14.5. The van der Waals surface area contributed by atoms with Gasteiger partial charge in [-0.25, -0.2) is 0 Å². The topological polar surface area (TPSA) is 81.7 Å². The van der Waals surface area contributed by atoms with Crippen LogP contribution >= 0.6 is 0 Å². The maximum atomic E-state index is 8.12.